The molecule has 5 heteroatoms. The average molecular weight is 300 g/mol. The summed E-state index contributed by atoms with van der Waals surface area (Å²) in [5, 5.41) is 9.33. The predicted octanol–water partition coefficient (Wildman–Crippen LogP) is 2.92. The fourth-order valence-electron chi connectivity index (χ4n) is 1.64. The summed E-state index contributed by atoms with van der Waals surface area (Å²) in [5.41, 5.74) is 0.102. The Morgan fingerprint density at radius 1 is 1.42 bits per heavy atom. The minimum Gasteiger partial charge on any atom is -0.382 e. The van der Waals surface area contributed by atoms with Crippen LogP contribution < -0.4 is 10.6 Å². The molecule has 19 heavy (non-hydrogen) atoms. The van der Waals surface area contributed by atoms with Crippen molar-refractivity contribution < 1.29 is 4.74 Å². The summed E-state index contributed by atoms with van der Waals surface area (Å²) in [7, 11) is 0. The fourth-order valence-corrected chi connectivity index (χ4v) is 2.66. The summed E-state index contributed by atoms with van der Waals surface area (Å²) in [6.45, 7) is 9.71. The fraction of sp³-hybridized carbons (Fsp3) is 0.643. The molecule has 0 aliphatic rings. The molecule has 0 bridgehead atoms. The van der Waals surface area contributed by atoms with Gasteiger partial charge in [0.15, 0.2) is 5.11 Å². The molecule has 0 spiro atoms. The number of hydrogen-bond donors (Lipinski definition) is 2. The Hall–Kier alpha value is -0.650. The predicted molar refractivity (Wildman–Crippen MR) is 87.1 cm³/mol. The van der Waals surface area contributed by atoms with Crippen molar-refractivity contribution in [1.82, 2.24) is 10.6 Å². The third kappa shape index (κ3) is 6.36. The molecule has 0 aliphatic heterocycles. The molecule has 1 heterocycles. The van der Waals surface area contributed by atoms with Crippen molar-refractivity contribution in [2.24, 2.45) is 0 Å². The quantitative estimate of drug-likeness (QED) is 0.571. The summed E-state index contributed by atoms with van der Waals surface area (Å²) < 4.78 is 5.28. The minimum atomic E-state index is 0.102. The SMILES string of the molecule is CCOCCCNC(=S)NCC(C)(C)c1cccs1. The van der Waals surface area contributed by atoms with Gasteiger partial charge in [-0.05, 0) is 37.0 Å². The molecule has 0 aromatic carbocycles. The number of rotatable bonds is 8. The van der Waals surface area contributed by atoms with E-state index in [1.165, 1.54) is 4.88 Å². The van der Waals surface area contributed by atoms with Crippen LogP contribution in [0.3, 0.4) is 0 Å². The highest BCUT2D eigenvalue weighted by atomic mass is 32.1. The zero-order valence-electron chi connectivity index (χ0n) is 12.0. The number of ether oxygens (including phenoxy) is 1. The average Bonchev–Trinajstić information content (AvgIpc) is 2.91. The molecular formula is C14H24N2OS2. The molecule has 1 aromatic heterocycles. The van der Waals surface area contributed by atoms with Crippen LogP contribution in [0.15, 0.2) is 17.5 Å². The molecule has 2 N–H and O–H groups in total. The molecule has 0 radical (unpaired) electrons. The van der Waals surface area contributed by atoms with Crippen LogP contribution in [0.25, 0.3) is 0 Å². The molecule has 1 aromatic rings. The standard InChI is InChI=1S/C14H24N2OS2/c1-4-17-9-6-8-15-13(18)16-11-14(2,3)12-7-5-10-19-12/h5,7,10H,4,6,8-9,11H2,1-3H3,(H2,15,16,18). The molecule has 1 rings (SSSR count). The maximum Gasteiger partial charge on any atom is 0.166 e. The largest absolute Gasteiger partial charge is 0.382 e. The third-order valence-corrected chi connectivity index (χ3v) is 4.36. The lowest BCUT2D eigenvalue weighted by molar-refractivity contribution is 0.145. The smallest absolute Gasteiger partial charge is 0.166 e. The lowest BCUT2D eigenvalue weighted by Crippen LogP contribution is -2.42. The topological polar surface area (TPSA) is 33.3 Å². The van der Waals surface area contributed by atoms with Crippen LogP contribution in [-0.2, 0) is 10.2 Å². The summed E-state index contributed by atoms with van der Waals surface area (Å²) >= 11 is 7.06. The van der Waals surface area contributed by atoms with Crippen molar-refractivity contribution >= 4 is 28.7 Å². The van der Waals surface area contributed by atoms with E-state index in [1.54, 1.807) is 11.3 Å². The van der Waals surface area contributed by atoms with E-state index in [1.807, 2.05) is 6.92 Å². The zero-order valence-corrected chi connectivity index (χ0v) is 13.6. The Morgan fingerprint density at radius 3 is 2.84 bits per heavy atom. The monoisotopic (exact) mass is 300 g/mol. The molecule has 0 aliphatic carbocycles. The van der Waals surface area contributed by atoms with Gasteiger partial charge in [0, 0.05) is 36.6 Å². The maximum absolute atomic E-state index is 5.28. The first kappa shape index (κ1) is 16.4. The molecule has 0 saturated carbocycles. The number of thiocarbonyl (C=S) groups is 1. The summed E-state index contributed by atoms with van der Waals surface area (Å²) in [6, 6.07) is 4.26. The number of nitrogens with one attached hydrogen (secondary N) is 2. The van der Waals surface area contributed by atoms with Crippen LogP contribution in [0.2, 0.25) is 0 Å². The molecular weight excluding hydrogens is 276 g/mol. The van der Waals surface area contributed by atoms with Gasteiger partial charge in [-0.15, -0.1) is 11.3 Å². The Bertz CT molecular complexity index is 364. The number of hydrogen-bond acceptors (Lipinski definition) is 3. The van der Waals surface area contributed by atoms with Crippen molar-refractivity contribution in [3.05, 3.63) is 22.4 Å². The zero-order chi connectivity index (χ0) is 14.1. The maximum atomic E-state index is 5.28. The second-order valence-corrected chi connectivity index (χ2v) is 6.38. The van der Waals surface area contributed by atoms with Crippen molar-refractivity contribution in [2.75, 3.05) is 26.3 Å². The van der Waals surface area contributed by atoms with Gasteiger partial charge in [-0.3, -0.25) is 0 Å². The van der Waals surface area contributed by atoms with Crippen LogP contribution in [0.4, 0.5) is 0 Å². The number of thiophene rings is 1. The van der Waals surface area contributed by atoms with Crippen molar-refractivity contribution in [3.63, 3.8) is 0 Å². The summed E-state index contributed by atoms with van der Waals surface area (Å²) in [5.74, 6) is 0. The second-order valence-electron chi connectivity index (χ2n) is 5.02. The van der Waals surface area contributed by atoms with Crippen molar-refractivity contribution in [1.29, 1.82) is 0 Å². The molecule has 0 fully saturated rings. The minimum absolute atomic E-state index is 0.102. The Morgan fingerprint density at radius 2 is 2.21 bits per heavy atom. The van der Waals surface area contributed by atoms with Gasteiger partial charge >= 0.3 is 0 Å². The van der Waals surface area contributed by atoms with Gasteiger partial charge in [-0.2, -0.15) is 0 Å². The Labute approximate surface area is 125 Å². The lowest BCUT2D eigenvalue weighted by Gasteiger charge is -2.24. The molecule has 0 amide bonds. The first-order valence-corrected chi connectivity index (χ1v) is 7.98. The highest BCUT2D eigenvalue weighted by molar-refractivity contribution is 7.80. The first-order chi connectivity index (χ1) is 9.06. The molecule has 0 saturated heterocycles. The molecule has 0 atom stereocenters. The van der Waals surface area contributed by atoms with Crippen molar-refractivity contribution in [3.8, 4) is 0 Å². The normalized spacial score (nSPS) is 11.3. The highest BCUT2D eigenvalue weighted by Crippen LogP contribution is 2.26. The van der Waals surface area contributed by atoms with E-state index in [2.05, 4.69) is 42.0 Å². The van der Waals surface area contributed by atoms with E-state index in [0.29, 0.717) is 0 Å². The molecule has 0 unspecified atom stereocenters. The Kier molecular flexibility index (Phi) is 7.34. The lowest BCUT2D eigenvalue weighted by atomic mass is 9.91. The van der Waals surface area contributed by atoms with Gasteiger partial charge in [0.1, 0.15) is 0 Å². The van der Waals surface area contributed by atoms with Gasteiger partial charge in [0.05, 0.1) is 0 Å². The van der Waals surface area contributed by atoms with Gasteiger partial charge in [0.25, 0.3) is 0 Å². The molecule has 3 nitrogen and oxygen atoms in total. The summed E-state index contributed by atoms with van der Waals surface area (Å²) in [4.78, 5) is 1.37. The third-order valence-electron chi connectivity index (χ3n) is 2.83. The Balaban J connectivity index is 2.19. The van der Waals surface area contributed by atoms with Gasteiger partial charge < -0.3 is 15.4 Å². The van der Waals surface area contributed by atoms with Crippen LogP contribution in [0.1, 0.15) is 32.1 Å². The van der Waals surface area contributed by atoms with Crippen LogP contribution in [-0.4, -0.2) is 31.4 Å². The van der Waals surface area contributed by atoms with E-state index in [0.717, 1.165) is 37.8 Å². The van der Waals surface area contributed by atoms with Gasteiger partial charge in [-0.1, -0.05) is 19.9 Å². The van der Waals surface area contributed by atoms with E-state index in [9.17, 15) is 0 Å². The van der Waals surface area contributed by atoms with Gasteiger partial charge in [0.2, 0.25) is 0 Å². The van der Waals surface area contributed by atoms with Crippen LogP contribution >= 0.6 is 23.6 Å². The van der Waals surface area contributed by atoms with E-state index in [4.69, 9.17) is 17.0 Å². The summed E-state index contributed by atoms with van der Waals surface area (Å²) in [6.07, 6.45) is 0.976. The van der Waals surface area contributed by atoms with E-state index < -0.39 is 0 Å². The second kappa shape index (κ2) is 8.51. The molecule has 108 valence electrons. The van der Waals surface area contributed by atoms with E-state index >= 15 is 0 Å². The van der Waals surface area contributed by atoms with Crippen LogP contribution in [0, 0.1) is 0 Å². The van der Waals surface area contributed by atoms with Gasteiger partial charge in [-0.25, -0.2) is 0 Å². The van der Waals surface area contributed by atoms with E-state index in [-0.39, 0.29) is 5.41 Å². The highest BCUT2D eigenvalue weighted by Gasteiger charge is 2.21. The van der Waals surface area contributed by atoms with Crippen molar-refractivity contribution in [2.45, 2.75) is 32.6 Å². The van der Waals surface area contributed by atoms with Crippen LogP contribution in [0.5, 0.6) is 0 Å². The first-order valence-electron chi connectivity index (χ1n) is 6.69.